The highest BCUT2D eigenvalue weighted by molar-refractivity contribution is 6.02. The third-order valence-corrected chi connectivity index (χ3v) is 3.85. The van der Waals surface area contributed by atoms with Crippen LogP contribution in [0.4, 0.5) is 0 Å². The number of amides is 1. The topological polar surface area (TPSA) is 110 Å². The van der Waals surface area contributed by atoms with Crippen molar-refractivity contribution in [2.45, 2.75) is 6.92 Å². The molecule has 0 spiro atoms. The summed E-state index contributed by atoms with van der Waals surface area (Å²) in [5, 5.41) is 20.6. The molecule has 1 aromatic carbocycles. The van der Waals surface area contributed by atoms with Gasteiger partial charge in [-0.1, -0.05) is 0 Å². The molecule has 0 radical (unpaired) electrons. The van der Waals surface area contributed by atoms with Gasteiger partial charge in [-0.2, -0.15) is 0 Å². The molecule has 0 bridgehead atoms. The van der Waals surface area contributed by atoms with E-state index >= 15 is 0 Å². The number of ether oxygens (including phenoxy) is 3. The van der Waals surface area contributed by atoms with E-state index < -0.39 is 23.4 Å². The van der Waals surface area contributed by atoms with Crippen molar-refractivity contribution in [3.05, 3.63) is 35.7 Å². The Morgan fingerprint density at radius 1 is 1.04 bits per heavy atom. The van der Waals surface area contributed by atoms with E-state index in [1.807, 2.05) is 0 Å². The molecule has 9 nitrogen and oxygen atoms in total. The predicted octanol–water partition coefficient (Wildman–Crippen LogP) is 1.79. The van der Waals surface area contributed by atoms with Crippen LogP contribution in [0.1, 0.15) is 27.9 Å². The van der Waals surface area contributed by atoms with Crippen LogP contribution in [0.2, 0.25) is 0 Å². The van der Waals surface area contributed by atoms with E-state index in [1.165, 1.54) is 23.6 Å². The lowest BCUT2D eigenvalue weighted by molar-refractivity contribution is 0.0513. The normalized spacial score (nSPS) is 10.6. The highest BCUT2D eigenvalue weighted by atomic mass is 16.5. The Bertz CT molecular complexity index is 841. The number of rotatable bonds is 8. The smallest absolute Gasteiger partial charge is 0.359 e. The molecule has 0 fully saturated rings. The molecule has 0 atom stereocenters. The average Bonchev–Trinajstić information content (AvgIpc) is 2.93. The molecule has 9 heteroatoms. The molecule has 1 amide bonds. The summed E-state index contributed by atoms with van der Waals surface area (Å²) < 4.78 is 16.6. The number of esters is 1. The third kappa shape index (κ3) is 4.20. The van der Waals surface area contributed by atoms with Crippen LogP contribution in [0.3, 0.4) is 0 Å². The summed E-state index contributed by atoms with van der Waals surface area (Å²) >= 11 is 0. The fourth-order valence-corrected chi connectivity index (χ4v) is 2.54. The minimum absolute atomic E-state index is 0.0629. The van der Waals surface area contributed by atoms with Crippen molar-refractivity contribution in [1.82, 2.24) is 9.47 Å². The maximum atomic E-state index is 12.6. The predicted molar refractivity (Wildman–Crippen MR) is 100 cm³/mol. The minimum Gasteiger partial charge on any atom is -0.503 e. The van der Waals surface area contributed by atoms with Crippen molar-refractivity contribution in [1.29, 1.82) is 0 Å². The largest absolute Gasteiger partial charge is 0.503 e. The second-order valence-electron chi connectivity index (χ2n) is 5.99. The van der Waals surface area contributed by atoms with Gasteiger partial charge in [0.1, 0.15) is 12.4 Å². The first-order valence-corrected chi connectivity index (χ1v) is 8.61. The van der Waals surface area contributed by atoms with Gasteiger partial charge in [-0.25, -0.2) is 4.79 Å². The highest BCUT2D eigenvalue weighted by Gasteiger charge is 2.33. The Labute approximate surface area is 162 Å². The number of aromatic nitrogens is 1. The van der Waals surface area contributed by atoms with Crippen LogP contribution in [0, 0.1) is 0 Å². The Morgan fingerprint density at radius 2 is 1.64 bits per heavy atom. The van der Waals surface area contributed by atoms with Gasteiger partial charge in [-0.15, -0.1) is 0 Å². The van der Waals surface area contributed by atoms with E-state index in [1.54, 1.807) is 38.3 Å². The molecule has 0 aliphatic carbocycles. The van der Waals surface area contributed by atoms with E-state index in [0.717, 1.165) is 0 Å². The molecule has 0 saturated heterocycles. The molecular formula is C19H24N2O7. The van der Waals surface area contributed by atoms with Gasteiger partial charge in [0.25, 0.3) is 5.91 Å². The second-order valence-corrected chi connectivity index (χ2v) is 5.99. The number of nitrogens with zero attached hydrogens (tertiary/aromatic N) is 2. The number of hydrogen-bond acceptors (Lipinski definition) is 7. The van der Waals surface area contributed by atoms with Gasteiger partial charge in [-0.05, 0) is 31.2 Å². The summed E-state index contributed by atoms with van der Waals surface area (Å²) in [6.07, 6.45) is 0. The van der Waals surface area contributed by atoms with Crippen LogP contribution in [0.5, 0.6) is 17.2 Å². The quantitative estimate of drug-likeness (QED) is 0.520. The van der Waals surface area contributed by atoms with Gasteiger partial charge < -0.3 is 29.3 Å². The summed E-state index contributed by atoms with van der Waals surface area (Å²) in [6, 6.07) is 6.46. The van der Waals surface area contributed by atoms with Gasteiger partial charge in [-0.3, -0.25) is 9.36 Å². The van der Waals surface area contributed by atoms with Crippen LogP contribution in [0.25, 0.3) is 5.69 Å². The molecule has 28 heavy (non-hydrogen) atoms. The standard InChI is InChI=1S/C19H24N2O7/c1-5-27-19(25)15-17(23)16(22)14(18(24)20(2)3)21(15)12-6-8-13(9-7-12)28-11-10-26-4/h6-9,22-23H,5,10-11H2,1-4H3. The molecule has 0 aliphatic rings. The zero-order chi connectivity index (χ0) is 20.8. The fraction of sp³-hybridized carbons (Fsp3) is 0.368. The molecule has 0 aliphatic heterocycles. The SMILES string of the molecule is CCOC(=O)c1c(O)c(O)c(C(=O)N(C)C)n1-c1ccc(OCCOC)cc1. The Morgan fingerprint density at radius 3 is 2.18 bits per heavy atom. The van der Waals surface area contributed by atoms with Crippen LogP contribution in [-0.2, 0) is 9.47 Å². The second kappa shape index (κ2) is 9.14. The molecule has 2 aromatic rings. The van der Waals surface area contributed by atoms with E-state index in [-0.39, 0.29) is 18.0 Å². The van der Waals surface area contributed by atoms with Gasteiger partial charge in [0.15, 0.2) is 22.9 Å². The minimum atomic E-state index is -0.867. The summed E-state index contributed by atoms with van der Waals surface area (Å²) in [6.45, 7) is 2.46. The summed E-state index contributed by atoms with van der Waals surface area (Å²) in [5.41, 5.74) is -0.223. The lowest BCUT2D eigenvalue weighted by Crippen LogP contribution is -2.25. The molecule has 152 valence electrons. The van der Waals surface area contributed by atoms with E-state index in [9.17, 15) is 19.8 Å². The summed E-state index contributed by atoms with van der Waals surface area (Å²) in [7, 11) is 4.55. The zero-order valence-electron chi connectivity index (χ0n) is 16.3. The Kier molecular flexibility index (Phi) is 6.89. The van der Waals surface area contributed by atoms with Crippen molar-refractivity contribution < 1.29 is 34.0 Å². The first-order chi connectivity index (χ1) is 13.3. The van der Waals surface area contributed by atoms with Crippen molar-refractivity contribution in [3.63, 3.8) is 0 Å². The number of aromatic hydroxyl groups is 2. The maximum absolute atomic E-state index is 12.6. The number of methoxy groups -OCH3 is 1. The van der Waals surface area contributed by atoms with Gasteiger partial charge in [0.2, 0.25) is 0 Å². The first-order valence-electron chi connectivity index (χ1n) is 8.61. The lowest BCUT2D eigenvalue weighted by atomic mass is 10.2. The van der Waals surface area contributed by atoms with Crippen molar-refractivity contribution in [2.24, 2.45) is 0 Å². The molecule has 0 unspecified atom stereocenters. The van der Waals surface area contributed by atoms with Crippen molar-refractivity contribution >= 4 is 11.9 Å². The monoisotopic (exact) mass is 392 g/mol. The van der Waals surface area contributed by atoms with E-state index in [2.05, 4.69) is 0 Å². The van der Waals surface area contributed by atoms with E-state index in [4.69, 9.17) is 14.2 Å². The fourth-order valence-electron chi connectivity index (χ4n) is 2.54. The highest BCUT2D eigenvalue weighted by Crippen LogP contribution is 2.39. The van der Waals surface area contributed by atoms with Gasteiger partial charge >= 0.3 is 5.97 Å². The van der Waals surface area contributed by atoms with E-state index in [0.29, 0.717) is 24.7 Å². The van der Waals surface area contributed by atoms with Gasteiger partial charge in [0, 0.05) is 26.9 Å². The Hall–Kier alpha value is -3.20. The van der Waals surface area contributed by atoms with Crippen molar-refractivity contribution in [3.8, 4) is 22.9 Å². The summed E-state index contributed by atoms with van der Waals surface area (Å²) in [5.74, 6) is -2.32. The molecule has 2 rings (SSSR count). The number of hydrogen-bond donors (Lipinski definition) is 2. The van der Waals surface area contributed by atoms with Crippen LogP contribution >= 0.6 is 0 Å². The maximum Gasteiger partial charge on any atom is 0.359 e. The first kappa shape index (κ1) is 21.1. The van der Waals surface area contributed by atoms with Crippen molar-refractivity contribution in [2.75, 3.05) is 41.0 Å². The molecule has 1 heterocycles. The van der Waals surface area contributed by atoms with Crippen LogP contribution in [0.15, 0.2) is 24.3 Å². The number of carbonyl (C=O) groups is 2. The van der Waals surface area contributed by atoms with Crippen LogP contribution < -0.4 is 4.74 Å². The number of benzene rings is 1. The molecule has 1 aromatic heterocycles. The summed E-state index contributed by atoms with van der Waals surface area (Å²) in [4.78, 5) is 26.2. The molecular weight excluding hydrogens is 368 g/mol. The van der Waals surface area contributed by atoms with Gasteiger partial charge in [0.05, 0.1) is 13.2 Å². The zero-order valence-corrected chi connectivity index (χ0v) is 16.3. The average molecular weight is 392 g/mol. The third-order valence-electron chi connectivity index (χ3n) is 3.85. The lowest BCUT2D eigenvalue weighted by Gasteiger charge is -2.16. The Balaban J connectivity index is 2.58. The van der Waals surface area contributed by atoms with Crippen LogP contribution in [-0.4, -0.2) is 72.6 Å². The number of carbonyl (C=O) groups excluding carboxylic acids is 2. The molecule has 0 saturated carbocycles. The molecule has 2 N–H and O–H groups in total.